The van der Waals surface area contributed by atoms with Crippen LogP contribution >= 0.6 is 0 Å². The number of rotatable bonds is 9. The fourth-order valence-electron chi connectivity index (χ4n) is 4.21. The Balaban J connectivity index is 0.00000380. The molecule has 9 heteroatoms. The molecule has 0 spiro atoms. The van der Waals surface area contributed by atoms with Gasteiger partial charge in [-0.15, -0.1) is 0 Å². The number of fused-ring (bicyclic) bond motifs is 1. The van der Waals surface area contributed by atoms with E-state index in [0.29, 0.717) is 5.65 Å². The molecule has 0 aliphatic heterocycles. The number of aromatic nitrogens is 3. The van der Waals surface area contributed by atoms with E-state index in [1.807, 2.05) is 44.2 Å². The first-order chi connectivity index (χ1) is 17.2. The van der Waals surface area contributed by atoms with Crippen LogP contribution in [0, 0.1) is 5.82 Å². The van der Waals surface area contributed by atoms with Gasteiger partial charge in [0, 0.05) is 35.3 Å². The smallest absolute Gasteiger partial charge is 0.550 e. The molecule has 0 unspecified atom stereocenters. The molecule has 0 radical (unpaired) electrons. The molecule has 186 valence electrons. The first-order valence-electron chi connectivity index (χ1n) is 11.7. The van der Waals surface area contributed by atoms with Crippen molar-refractivity contribution in [2.75, 3.05) is 0 Å². The quantitative estimate of drug-likeness (QED) is 0.319. The molecule has 4 rings (SSSR count). The van der Waals surface area contributed by atoms with Gasteiger partial charge in [0.1, 0.15) is 5.82 Å². The second-order valence-electron chi connectivity index (χ2n) is 8.97. The Morgan fingerprint density at radius 1 is 1.11 bits per heavy atom. The molecule has 2 aromatic heterocycles. The van der Waals surface area contributed by atoms with Crippen LogP contribution in [-0.4, -0.2) is 43.2 Å². The van der Waals surface area contributed by atoms with Crippen LogP contribution in [-0.2, 0) is 4.79 Å². The van der Waals surface area contributed by atoms with Crippen molar-refractivity contribution >= 4 is 23.1 Å². The first kappa shape index (κ1) is 28.7. The SMILES string of the molecule is CC(C)c1nc2c(cnn2-c2ccccc2)c(-c2ccc(F)cc2)c1/C=C/[C@@H](O)C[C@@H](O)CC(=O)[O-].[Na+]. The van der Waals surface area contributed by atoms with Gasteiger partial charge < -0.3 is 20.1 Å². The maximum atomic E-state index is 13.8. The number of carboxylic acids is 1. The van der Waals surface area contributed by atoms with Crippen molar-refractivity contribution in [3.63, 3.8) is 0 Å². The summed E-state index contributed by atoms with van der Waals surface area (Å²) in [5.41, 5.74) is 4.50. The molecule has 0 fully saturated rings. The molecule has 2 atom stereocenters. The molecule has 37 heavy (non-hydrogen) atoms. The van der Waals surface area contributed by atoms with Crippen molar-refractivity contribution in [3.05, 3.63) is 83.9 Å². The zero-order chi connectivity index (χ0) is 25.8. The van der Waals surface area contributed by atoms with E-state index in [0.717, 1.165) is 33.5 Å². The fraction of sp³-hybridized carbons (Fsp3) is 0.250. The summed E-state index contributed by atoms with van der Waals surface area (Å²) in [6.07, 6.45) is 1.89. The predicted molar refractivity (Wildman–Crippen MR) is 134 cm³/mol. The number of pyridine rings is 1. The van der Waals surface area contributed by atoms with E-state index < -0.39 is 24.6 Å². The molecular formula is C28H27FN3NaO4. The van der Waals surface area contributed by atoms with Crippen LogP contribution in [0.5, 0.6) is 0 Å². The summed E-state index contributed by atoms with van der Waals surface area (Å²) in [5, 5.41) is 36.4. The summed E-state index contributed by atoms with van der Waals surface area (Å²) in [7, 11) is 0. The molecule has 0 bridgehead atoms. The number of hydrogen-bond acceptors (Lipinski definition) is 6. The largest absolute Gasteiger partial charge is 1.00 e. The van der Waals surface area contributed by atoms with Crippen LogP contribution in [0.25, 0.3) is 33.9 Å². The summed E-state index contributed by atoms with van der Waals surface area (Å²) in [6, 6.07) is 15.8. The molecule has 4 aromatic rings. The Kier molecular flexibility index (Phi) is 9.75. The van der Waals surface area contributed by atoms with Crippen molar-refractivity contribution in [2.24, 2.45) is 0 Å². The zero-order valence-electron chi connectivity index (χ0n) is 21.0. The van der Waals surface area contributed by atoms with E-state index in [1.54, 1.807) is 29.1 Å². The van der Waals surface area contributed by atoms with Crippen molar-refractivity contribution in [1.29, 1.82) is 0 Å². The summed E-state index contributed by atoms with van der Waals surface area (Å²) in [4.78, 5) is 15.7. The van der Waals surface area contributed by atoms with Gasteiger partial charge in [-0.1, -0.05) is 56.3 Å². The summed E-state index contributed by atoms with van der Waals surface area (Å²) >= 11 is 0. The third-order valence-electron chi connectivity index (χ3n) is 5.87. The van der Waals surface area contributed by atoms with Gasteiger partial charge in [-0.3, -0.25) is 0 Å². The Morgan fingerprint density at radius 3 is 2.41 bits per heavy atom. The van der Waals surface area contributed by atoms with Crippen molar-refractivity contribution < 1.29 is 54.1 Å². The van der Waals surface area contributed by atoms with Crippen LogP contribution in [0.1, 0.15) is 43.9 Å². The van der Waals surface area contributed by atoms with Crippen LogP contribution in [0.2, 0.25) is 0 Å². The number of nitrogens with zero attached hydrogens (tertiary/aromatic N) is 3. The fourth-order valence-corrected chi connectivity index (χ4v) is 4.21. The average Bonchev–Trinajstić information content (AvgIpc) is 3.26. The number of carbonyl (C=O) groups is 1. The average molecular weight is 512 g/mol. The van der Waals surface area contributed by atoms with Crippen LogP contribution in [0.15, 0.2) is 66.9 Å². The Morgan fingerprint density at radius 2 is 1.78 bits per heavy atom. The number of halogens is 1. The van der Waals surface area contributed by atoms with E-state index in [9.17, 15) is 24.5 Å². The maximum Gasteiger partial charge on any atom is 1.00 e. The van der Waals surface area contributed by atoms with Gasteiger partial charge in [0.05, 0.1) is 29.8 Å². The van der Waals surface area contributed by atoms with Crippen LogP contribution in [0.4, 0.5) is 4.39 Å². The number of aliphatic carboxylic acids is 1. The number of hydrogen-bond donors (Lipinski definition) is 2. The van der Waals surface area contributed by atoms with Gasteiger partial charge in [-0.05, 0) is 35.7 Å². The van der Waals surface area contributed by atoms with E-state index in [2.05, 4.69) is 5.10 Å². The Labute approximate surface area is 236 Å². The van der Waals surface area contributed by atoms with E-state index in [4.69, 9.17) is 4.98 Å². The summed E-state index contributed by atoms with van der Waals surface area (Å²) in [6.45, 7) is 4.01. The van der Waals surface area contributed by atoms with E-state index in [-0.39, 0.29) is 47.7 Å². The van der Waals surface area contributed by atoms with Gasteiger partial charge >= 0.3 is 29.6 Å². The second-order valence-corrected chi connectivity index (χ2v) is 8.97. The standard InChI is InChI=1S/C28H28FN3O4.Na/c1-17(2)27-23(13-12-21(33)14-22(34)15-25(35)36)26(18-8-10-19(29)11-9-18)24-16-30-32(28(24)31-27)20-6-4-3-5-7-20;/h3-13,16-17,21-22,33-34H,14-15H2,1-2H3,(H,35,36);/q;+1/p-1/b13-12+;/t21-,22-;/m1./s1. The third-order valence-corrected chi connectivity index (χ3v) is 5.87. The third kappa shape index (κ3) is 6.71. The van der Waals surface area contributed by atoms with Crippen LogP contribution in [0.3, 0.4) is 0 Å². The molecule has 0 aliphatic carbocycles. The van der Waals surface area contributed by atoms with Gasteiger partial charge in [0.15, 0.2) is 5.65 Å². The minimum atomic E-state index is -1.38. The first-order valence-corrected chi connectivity index (χ1v) is 11.7. The maximum absolute atomic E-state index is 13.8. The minimum absolute atomic E-state index is 0. The number of carbonyl (C=O) groups excluding carboxylic acids is 1. The van der Waals surface area contributed by atoms with Crippen molar-refractivity contribution in [3.8, 4) is 16.8 Å². The Bertz CT molecular complexity index is 1390. The number of aliphatic hydroxyl groups excluding tert-OH is 2. The number of benzene rings is 2. The molecule has 2 N–H and O–H groups in total. The predicted octanol–water partition coefficient (Wildman–Crippen LogP) is 0.619. The molecule has 2 aromatic carbocycles. The second kappa shape index (κ2) is 12.6. The zero-order valence-corrected chi connectivity index (χ0v) is 23.0. The molecule has 7 nitrogen and oxygen atoms in total. The Hall–Kier alpha value is -2.88. The number of para-hydroxylation sites is 1. The molecular weight excluding hydrogens is 484 g/mol. The molecule has 0 amide bonds. The number of carboxylic acid groups (broad SMARTS) is 1. The van der Waals surface area contributed by atoms with E-state index in [1.165, 1.54) is 18.2 Å². The van der Waals surface area contributed by atoms with Crippen molar-refractivity contribution in [1.82, 2.24) is 14.8 Å². The molecule has 2 heterocycles. The van der Waals surface area contributed by atoms with E-state index >= 15 is 0 Å². The van der Waals surface area contributed by atoms with Crippen LogP contribution < -0.4 is 34.7 Å². The molecule has 0 saturated carbocycles. The summed E-state index contributed by atoms with van der Waals surface area (Å²) in [5.74, 6) is -1.75. The van der Waals surface area contributed by atoms with Gasteiger partial charge in [0.2, 0.25) is 0 Å². The van der Waals surface area contributed by atoms with Gasteiger partial charge in [-0.2, -0.15) is 5.10 Å². The summed E-state index contributed by atoms with van der Waals surface area (Å²) < 4.78 is 15.5. The number of aliphatic hydroxyl groups is 2. The molecule has 0 aliphatic rings. The molecule has 0 saturated heterocycles. The minimum Gasteiger partial charge on any atom is -0.550 e. The monoisotopic (exact) mass is 511 g/mol. The van der Waals surface area contributed by atoms with Gasteiger partial charge in [-0.25, -0.2) is 14.1 Å². The normalized spacial score (nSPS) is 13.1. The topological polar surface area (TPSA) is 111 Å². The van der Waals surface area contributed by atoms with Crippen molar-refractivity contribution in [2.45, 2.75) is 44.8 Å². The van der Waals surface area contributed by atoms with Gasteiger partial charge in [0.25, 0.3) is 0 Å².